The summed E-state index contributed by atoms with van der Waals surface area (Å²) in [6.07, 6.45) is 0.781. The number of carbonyl (C=O) groups is 2. The fourth-order valence-electron chi connectivity index (χ4n) is 2.25. The summed E-state index contributed by atoms with van der Waals surface area (Å²) in [5.41, 5.74) is 3.95. The van der Waals surface area contributed by atoms with Crippen molar-refractivity contribution >= 4 is 23.7 Å². The standard InChI is InChI=1S/C19H22N2O2/c1-13-14(12-22)6-5-7-17(13)21-18(23)20-16-10-8-15(9-11-16)19(2,3)4/h5-12H,1-4H3,(H2,20,21,23). The van der Waals surface area contributed by atoms with Gasteiger partial charge >= 0.3 is 6.03 Å². The fourth-order valence-corrected chi connectivity index (χ4v) is 2.25. The number of benzene rings is 2. The summed E-state index contributed by atoms with van der Waals surface area (Å²) < 4.78 is 0. The van der Waals surface area contributed by atoms with Crippen LogP contribution in [0.25, 0.3) is 0 Å². The quantitative estimate of drug-likeness (QED) is 0.804. The van der Waals surface area contributed by atoms with E-state index >= 15 is 0 Å². The van der Waals surface area contributed by atoms with Gasteiger partial charge in [0.05, 0.1) is 0 Å². The van der Waals surface area contributed by atoms with E-state index in [4.69, 9.17) is 0 Å². The van der Waals surface area contributed by atoms with Gasteiger partial charge in [0.1, 0.15) is 6.29 Å². The average molecular weight is 310 g/mol. The van der Waals surface area contributed by atoms with Gasteiger partial charge in [0, 0.05) is 16.9 Å². The molecule has 0 aliphatic carbocycles. The predicted octanol–water partition coefficient (Wildman–Crippen LogP) is 4.75. The van der Waals surface area contributed by atoms with E-state index in [9.17, 15) is 9.59 Å². The first-order chi connectivity index (χ1) is 10.8. The average Bonchev–Trinajstić information content (AvgIpc) is 2.49. The summed E-state index contributed by atoms with van der Waals surface area (Å²) in [6, 6.07) is 12.7. The highest BCUT2D eigenvalue weighted by Crippen LogP contribution is 2.23. The lowest BCUT2D eigenvalue weighted by atomic mass is 9.87. The fraction of sp³-hybridized carbons (Fsp3) is 0.263. The molecule has 0 fully saturated rings. The number of hydrogen-bond acceptors (Lipinski definition) is 2. The minimum Gasteiger partial charge on any atom is -0.308 e. The molecule has 23 heavy (non-hydrogen) atoms. The molecule has 2 aromatic carbocycles. The Morgan fingerprint density at radius 1 is 1.00 bits per heavy atom. The largest absolute Gasteiger partial charge is 0.323 e. The maximum Gasteiger partial charge on any atom is 0.323 e. The van der Waals surface area contributed by atoms with Crippen LogP contribution in [0.4, 0.5) is 16.2 Å². The number of anilines is 2. The molecule has 0 aliphatic rings. The predicted molar refractivity (Wildman–Crippen MR) is 94.3 cm³/mol. The summed E-state index contributed by atoms with van der Waals surface area (Å²) in [5.74, 6) is 0. The van der Waals surface area contributed by atoms with Crippen LogP contribution in [0.3, 0.4) is 0 Å². The number of aldehydes is 1. The van der Waals surface area contributed by atoms with Crippen LogP contribution in [0.1, 0.15) is 42.3 Å². The molecule has 2 rings (SSSR count). The third-order valence-corrected chi connectivity index (χ3v) is 3.76. The van der Waals surface area contributed by atoms with E-state index in [-0.39, 0.29) is 11.4 Å². The molecule has 0 aliphatic heterocycles. The van der Waals surface area contributed by atoms with E-state index in [0.717, 1.165) is 17.5 Å². The number of carbonyl (C=O) groups excluding carboxylic acids is 2. The maximum absolute atomic E-state index is 12.1. The molecule has 0 spiro atoms. The molecule has 0 saturated heterocycles. The van der Waals surface area contributed by atoms with Gasteiger partial charge in [-0.05, 0) is 41.7 Å². The molecule has 120 valence electrons. The molecular formula is C19H22N2O2. The zero-order valence-corrected chi connectivity index (χ0v) is 13.9. The first kappa shape index (κ1) is 16.7. The van der Waals surface area contributed by atoms with Crippen LogP contribution in [0, 0.1) is 6.92 Å². The van der Waals surface area contributed by atoms with E-state index in [0.29, 0.717) is 11.3 Å². The van der Waals surface area contributed by atoms with Crippen molar-refractivity contribution in [2.75, 3.05) is 10.6 Å². The van der Waals surface area contributed by atoms with Gasteiger partial charge < -0.3 is 10.6 Å². The SMILES string of the molecule is Cc1c(C=O)cccc1NC(=O)Nc1ccc(C(C)(C)C)cc1. The molecule has 0 atom stereocenters. The van der Waals surface area contributed by atoms with Crippen molar-refractivity contribution in [3.05, 3.63) is 59.2 Å². The van der Waals surface area contributed by atoms with Gasteiger partial charge in [0.2, 0.25) is 0 Å². The number of rotatable bonds is 3. The molecule has 2 amide bonds. The van der Waals surface area contributed by atoms with E-state index in [1.807, 2.05) is 24.3 Å². The number of amides is 2. The van der Waals surface area contributed by atoms with E-state index in [1.165, 1.54) is 5.56 Å². The van der Waals surface area contributed by atoms with Gasteiger partial charge in [-0.1, -0.05) is 45.0 Å². The Kier molecular flexibility index (Phi) is 4.84. The van der Waals surface area contributed by atoms with Crippen molar-refractivity contribution in [2.24, 2.45) is 0 Å². The van der Waals surface area contributed by atoms with Crippen molar-refractivity contribution in [3.8, 4) is 0 Å². The summed E-state index contributed by atoms with van der Waals surface area (Å²) in [5, 5.41) is 5.56. The third-order valence-electron chi connectivity index (χ3n) is 3.76. The first-order valence-corrected chi connectivity index (χ1v) is 7.54. The first-order valence-electron chi connectivity index (χ1n) is 7.54. The second-order valence-electron chi connectivity index (χ2n) is 6.54. The van der Waals surface area contributed by atoms with E-state index in [1.54, 1.807) is 25.1 Å². The second-order valence-corrected chi connectivity index (χ2v) is 6.54. The van der Waals surface area contributed by atoms with Crippen LogP contribution < -0.4 is 10.6 Å². The Balaban J connectivity index is 2.07. The third kappa shape index (κ3) is 4.19. The molecule has 0 heterocycles. The topological polar surface area (TPSA) is 58.2 Å². The molecule has 2 N–H and O–H groups in total. The highest BCUT2D eigenvalue weighted by molar-refractivity contribution is 6.00. The van der Waals surface area contributed by atoms with Crippen molar-refractivity contribution in [1.82, 2.24) is 0 Å². The molecule has 0 unspecified atom stereocenters. The Hall–Kier alpha value is -2.62. The molecule has 0 aromatic heterocycles. The summed E-state index contributed by atoms with van der Waals surface area (Å²) in [6.45, 7) is 8.23. The summed E-state index contributed by atoms with van der Waals surface area (Å²) in [7, 11) is 0. The number of urea groups is 1. The van der Waals surface area contributed by atoms with E-state index < -0.39 is 0 Å². The zero-order valence-electron chi connectivity index (χ0n) is 13.9. The molecular weight excluding hydrogens is 288 g/mol. The normalized spacial score (nSPS) is 11.0. The van der Waals surface area contributed by atoms with Crippen LogP contribution in [-0.2, 0) is 5.41 Å². The lowest BCUT2D eigenvalue weighted by Gasteiger charge is -2.19. The number of nitrogens with one attached hydrogen (secondary N) is 2. The van der Waals surface area contributed by atoms with Gasteiger partial charge in [-0.15, -0.1) is 0 Å². The van der Waals surface area contributed by atoms with Crippen LogP contribution in [0.5, 0.6) is 0 Å². The van der Waals surface area contributed by atoms with Crippen LogP contribution >= 0.6 is 0 Å². The second kappa shape index (κ2) is 6.65. The highest BCUT2D eigenvalue weighted by atomic mass is 16.2. The van der Waals surface area contributed by atoms with Gasteiger partial charge in [0.15, 0.2) is 0 Å². The lowest BCUT2D eigenvalue weighted by Crippen LogP contribution is -2.20. The minimum atomic E-state index is -0.334. The minimum absolute atomic E-state index is 0.0766. The van der Waals surface area contributed by atoms with Crippen LogP contribution in [0.15, 0.2) is 42.5 Å². The van der Waals surface area contributed by atoms with Crippen molar-refractivity contribution in [1.29, 1.82) is 0 Å². The highest BCUT2D eigenvalue weighted by Gasteiger charge is 2.13. The van der Waals surface area contributed by atoms with Gasteiger partial charge in [-0.3, -0.25) is 4.79 Å². The van der Waals surface area contributed by atoms with E-state index in [2.05, 4.69) is 31.4 Å². The molecule has 0 saturated carbocycles. The molecule has 2 aromatic rings. The Labute approximate surface area is 136 Å². The molecule has 4 heteroatoms. The van der Waals surface area contributed by atoms with Gasteiger partial charge in [-0.2, -0.15) is 0 Å². The van der Waals surface area contributed by atoms with Crippen LogP contribution in [-0.4, -0.2) is 12.3 Å². The van der Waals surface area contributed by atoms with Gasteiger partial charge in [0.25, 0.3) is 0 Å². The number of hydrogen-bond donors (Lipinski definition) is 2. The molecule has 0 radical (unpaired) electrons. The Bertz CT molecular complexity index is 713. The summed E-state index contributed by atoms with van der Waals surface area (Å²) >= 11 is 0. The smallest absolute Gasteiger partial charge is 0.308 e. The summed E-state index contributed by atoms with van der Waals surface area (Å²) in [4.78, 5) is 23.0. The maximum atomic E-state index is 12.1. The Morgan fingerprint density at radius 2 is 1.65 bits per heavy atom. The van der Waals surface area contributed by atoms with Crippen molar-refractivity contribution < 1.29 is 9.59 Å². The monoisotopic (exact) mass is 310 g/mol. The van der Waals surface area contributed by atoms with Crippen molar-refractivity contribution in [3.63, 3.8) is 0 Å². The van der Waals surface area contributed by atoms with Crippen molar-refractivity contribution in [2.45, 2.75) is 33.1 Å². The zero-order chi connectivity index (χ0) is 17.0. The van der Waals surface area contributed by atoms with Gasteiger partial charge in [-0.25, -0.2) is 4.79 Å². The van der Waals surface area contributed by atoms with Crippen LogP contribution in [0.2, 0.25) is 0 Å². The lowest BCUT2D eigenvalue weighted by molar-refractivity contribution is 0.112. The molecule has 0 bridgehead atoms. The Morgan fingerprint density at radius 3 is 2.22 bits per heavy atom. The molecule has 4 nitrogen and oxygen atoms in total.